The number of anilines is 2. The molecule has 0 radical (unpaired) electrons. The number of amides is 1. The van der Waals surface area contributed by atoms with Crippen molar-refractivity contribution in [1.82, 2.24) is 0 Å². The van der Waals surface area contributed by atoms with Crippen LogP contribution < -0.4 is 16.4 Å². The first-order chi connectivity index (χ1) is 9.01. The fourth-order valence-corrected chi connectivity index (χ4v) is 1.95. The summed E-state index contributed by atoms with van der Waals surface area (Å²) < 4.78 is 5.13. The van der Waals surface area contributed by atoms with Gasteiger partial charge in [0.25, 0.3) is 5.91 Å². The van der Waals surface area contributed by atoms with Gasteiger partial charge in [0.05, 0.1) is 12.2 Å². The molecule has 0 saturated heterocycles. The number of ether oxygens (including phenoxy) is 1. The van der Waals surface area contributed by atoms with Crippen LogP contribution in [-0.4, -0.2) is 32.2 Å². The summed E-state index contributed by atoms with van der Waals surface area (Å²) in [5.41, 5.74) is 12.8. The second-order valence-electron chi connectivity index (χ2n) is 4.58. The SMILES string of the molecule is CCC(C)N(CCOC)c1ccc(N)c(C(N)=O)c1. The number of primary amides is 1. The Morgan fingerprint density at radius 3 is 2.68 bits per heavy atom. The lowest BCUT2D eigenvalue weighted by Crippen LogP contribution is -2.35. The van der Waals surface area contributed by atoms with Gasteiger partial charge in [-0.1, -0.05) is 6.92 Å². The second kappa shape index (κ2) is 6.99. The van der Waals surface area contributed by atoms with Crippen LogP contribution in [0.5, 0.6) is 0 Å². The quantitative estimate of drug-likeness (QED) is 0.734. The predicted octanol–water partition coefficient (Wildman–Crippen LogP) is 1.62. The summed E-state index contributed by atoms with van der Waals surface area (Å²) in [7, 11) is 1.67. The highest BCUT2D eigenvalue weighted by Gasteiger charge is 2.15. The summed E-state index contributed by atoms with van der Waals surface area (Å²) >= 11 is 0. The first-order valence-corrected chi connectivity index (χ1v) is 6.46. The molecule has 1 aromatic rings. The average Bonchev–Trinajstić information content (AvgIpc) is 2.40. The number of methoxy groups -OCH3 is 1. The van der Waals surface area contributed by atoms with Crippen LogP contribution in [0.2, 0.25) is 0 Å². The van der Waals surface area contributed by atoms with Crippen molar-refractivity contribution in [2.75, 3.05) is 30.9 Å². The lowest BCUT2D eigenvalue weighted by Gasteiger charge is -2.31. The molecule has 0 aliphatic rings. The first-order valence-electron chi connectivity index (χ1n) is 6.46. The van der Waals surface area contributed by atoms with Gasteiger partial charge in [-0.15, -0.1) is 0 Å². The molecule has 5 heteroatoms. The smallest absolute Gasteiger partial charge is 0.250 e. The van der Waals surface area contributed by atoms with Gasteiger partial charge in [-0.05, 0) is 31.5 Å². The zero-order valence-corrected chi connectivity index (χ0v) is 11.8. The van der Waals surface area contributed by atoms with Crippen molar-refractivity contribution < 1.29 is 9.53 Å². The molecule has 0 saturated carbocycles. The number of nitrogens with zero attached hydrogens (tertiary/aromatic N) is 1. The molecule has 0 heterocycles. The fraction of sp³-hybridized carbons (Fsp3) is 0.500. The molecule has 0 spiro atoms. The molecule has 0 aliphatic heterocycles. The summed E-state index contributed by atoms with van der Waals surface area (Å²) in [5.74, 6) is -0.504. The van der Waals surface area contributed by atoms with E-state index in [-0.39, 0.29) is 0 Å². The molecule has 1 atom stereocenters. The van der Waals surface area contributed by atoms with E-state index in [1.54, 1.807) is 19.2 Å². The molecule has 0 bridgehead atoms. The molecule has 106 valence electrons. The van der Waals surface area contributed by atoms with Gasteiger partial charge >= 0.3 is 0 Å². The molecule has 0 aromatic heterocycles. The van der Waals surface area contributed by atoms with Crippen molar-refractivity contribution >= 4 is 17.3 Å². The minimum Gasteiger partial charge on any atom is -0.398 e. The third kappa shape index (κ3) is 3.86. The van der Waals surface area contributed by atoms with Gasteiger partial charge in [-0.25, -0.2) is 0 Å². The van der Waals surface area contributed by atoms with E-state index in [0.717, 1.165) is 18.7 Å². The largest absolute Gasteiger partial charge is 0.398 e. The zero-order valence-electron chi connectivity index (χ0n) is 11.8. The number of benzene rings is 1. The van der Waals surface area contributed by atoms with E-state index in [9.17, 15) is 4.79 Å². The van der Waals surface area contributed by atoms with E-state index in [0.29, 0.717) is 23.9 Å². The third-order valence-corrected chi connectivity index (χ3v) is 3.29. The van der Waals surface area contributed by atoms with E-state index < -0.39 is 5.91 Å². The van der Waals surface area contributed by atoms with Crippen molar-refractivity contribution in [2.45, 2.75) is 26.3 Å². The Bertz CT molecular complexity index is 435. The van der Waals surface area contributed by atoms with Crippen LogP contribution in [-0.2, 0) is 4.74 Å². The number of hydrogen-bond acceptors (Lipinski definition) is 4. The molecule has 19 heavy (non-hydrogen) atoms. The molecule has 1 rings (SSSR count). The summed E-state index contributed by atoms with van der Waals surface area (Å²) in [6, 6.07) is 5.72. The Morgan fingerprint density at radius 1 is 1.47 bits per heavy atom. The summed E-state index contributed by atoms with van der Waals surface area (Å²) in [6.45, 7) is 5.64. The van der Waals surface area contributed by atoms with Crippen molar-refractivity contribution in [1.29, 1.82) is 0 Å². The summed E-state index contributed by atoms with van der Waals surface area (Å²) in [6.07, 6.45) is 1.000. The Morgan fingerprint density at radius 2 is 2.16 bits per heavy atom. The van der Waals surface area contributed by atoms with E-state index in [4.69, 9.17) is 16.2 Å². The van der Waals surface area contributed by atoms with E-state index in [2.05, 4.69) is 18.7 Å². The maximum Gasteiger partial charge on any atom is 0.250 e. The normalized spacial score (nSPS) is 12.2. The molecule has 0 aliphatic carbocycles. The van der Waals surface area contributed by atoms with E-state index in [1.165, 1.54) is 0 Å². The molecule has 1 unspecified atom stereocenters. The van der Waals surface area contributed by atoms with Crippen LogP contribution in [0.3, 0.4) is 0 Å². The average molecular weight is 265 g/mol. The van der Waals surface area contributed by atoms with Crippen molar-refractivity contribution in [3.05, 3.63) is 23.8 Å². The van der Waals surface area contributed by atoms with Crippen LogP contribution in [0.25, 0.3) is 0 Å². The maximum atomic E-state index is 11.3. The van der Waals surface area contributed by atoms with Gasteiger partial charge in [0.2, 0.25) is 0 Å². The Labute approximate surface area is 114 Å². The lowest BCUT2D eigenvalue weighted by atomic mass is 10.1. The number of carbonyl (C=O) groups excluding carboxylic acids is 1. The highest BCUT2D eigenvalue weighted by molar-refractivity contribution is 5.99. The third-order valence-electron chi connectivity index (χ3n) is 3.29. The van der Waals surface area contributed by atoms with E-state index in [1.807, 2.05) is 6.07 Å². The summed E-state index contributed by atoms with van der Waals surface area (Å²) in [5, 5.41) is 0. The molecule has 5 nitrogen and oxygen atoms in total. The molecule has 1 aromatic carbocycles. The number of carbonyl (C=O) groups is 1. The highest BCUT2D eigenvalue weighted by atomic mass is 16.5. The van der Waals surface area contributed by atoms with Crippen molar-refractivity contribution in [3.63, 3.8) is 0 Å². The maximum absolute atomic E-state index is 11.3. The number of hydrogen-bond donors (Lipinski definition) is 2. The van der Waals surface area contributed by atoms with Crippen LogP contribution in [0.4, 0.5) is 11.4 Å². The van der Waals surface area contributed by atoms with Crippen molar-refractivity contribution in [2.24, 2.45) is 5.73 Å². The van der Waals surface area contributed by atoms with Gasteiger partial charge in [0.15, 0.2) is 0 Å². The molecule has 4 N–H and O–H groups in total. The monoisotopic (exact) mass is 265 g/mol. The van der Waals surface area contributed by atoms with Gasteiger partial charge in [0, 0.05) is 31.1 Å². The van der Waals surface area contributed by atoms with Crippen LogP contribution in [0, 0.1) is 0 Å². The lowest BCUT2D eigenvalue weighted by molar-refractivity contribution is 0.100. The Balaban J connectivity index is 3.07. The Kier molecular flexibility index (Phi) is 5.63. The first kappa shape index (κ1) is 15.3. The molecular weight excluding hydrogens is 242 g/mol. The molecular formula is C14H23N3O2. The van der Waals surface area contributed by atoms with Crippen molar-refractivity contribution in [3.8, 4) is 0 Å². The van der Waals surface area contributed by atoms with Gasteiger partial charge in [0.1, 0.15) is 0 Å². The topological polar surface area (TPSA) is 81.6 Å². The van der Waals surface area contributed by atoms with Crippen LogP contribution in [0.15, 0.2) is 18.2 Å². The second-order valence-corrected chi connectivity index (χ2v) is 4.58. The minimum atomic E-state index is -0.504. The van der Waals surface area contributed by atoms with Gasteiger partial charge in [-0.2, -0.15) is 0 Å². The standard InChI is InChI=1S/C14H23N3O2/c1-4-10(2)17(7-8-19-3)11-5-6-13(15)12(9-11)14(16)18/h5-6,9-10H,4,7-8,15H2,1-3H3,(H2,16,18). The van der Waals surface area contributed by atoms with Crippen LogP contribution in [0.1, 0.15) is 30.6 Å². The van der Waals surface area contributed by atoms with Gasteiger partial charge in [-0.3, -0.25) is 4.79 Å². The van der Waals surface area contributed by atoms with E-state index >= 15 is 0 Å². The molecule has 1 amide bonds. The fourth-order valence-electron chi connectivity index (χ4n) is 1.95. The van der Waals surface area contributed by atoms with Crippen LogP contribution >= 0.6 is 0 Å². The Hall–Kier alpha value is -1.75. The zero-order chi connectivity index (χ0) is 14.4. The van der Waals surface area contributed by atoms with Gasteiger partial charge < -0.3 is 21.1 Å². The molecule has 0 fully saturated rings. The number of rotatable bonds is 7. The number of nitrogens with two attached hydrogens (primary N) is 2. The minimum absolute atomic E-state index is 0.347. The highest BCUT2D eigenvalue weighted by Crippen LogP contribution is 2.23. The predicted molar refractivity (Wildman–Crippen MR) is 78.3 cm³/mol. The summed E-state index contributed by atoms with van der Waals surface area (Å²) in [4.78, 5) is 13.5. The number of nitrogen functional groups attached to an aromatic ring is 1.